The molecule has 18 heavy (non-hydrogen) atoms. The molecule has 1 aliphatic heterocycles. The second-order valence-corrected chi connectivity index (χ2v) is 4.32. The molecule has 0 unspecified atom stereocenters. The number of rotatable bonds is 2. The van der Waals surface area contributed by atoms with Crippen LogP contribution >= 0.6 is 0 Å². The van der Waals surface area contributed by atoms with Gasteiger partial charge < -0.3 is 15.0 Å². The van der Waals surface area contributed by atoms with Gasteiger partial charge in [-0.1, -0.05) is 12.1 Å². The first kappa shape index (κ1) is 13.0. The van der Waals surface area contributed by atoms with E-state index in [9.17, 15) is 13.2 Å². The molecule has 1 atom stereocenters. The first-order valence-corrected chi connectivity index (χ1v) is 5.79. The lowest BCUT2D eigenvalue weighted by atomic mass is 10.2. The van der Waals surface area contributed by atoms with Gasteiger partial charge in [-0.05, 0) is 19.1 Å². The summed E-state index contributed by atoms with van der Waals surface area (Å²) < 4.78 is 41.0. The number of ether oxygens (including phenoxy) is 1. The quantitative estimate of drug-likeness (QED) is 0.883. The summed E-state index contributed by atoms with van der Waals surface area (Å²) in [6, 6.07) is 6.49. The fourth-order valence-electron chi connectivity index (χ4n) is 2.08. The summed E-state index contributed by atoms with van der Waals surface area (Å²) in [4.78, 5) is 1.90. The van der Waals surface area contributed by atoms with Gasteiger partial charge in [0.25, 0.3) is 0 Å². The van der Waals surface area contributed by atoms with Crippen molar-refractivity contribution in [3.05, 3.63) is 24.3 Å². The lowest BCUT2D eigenvalue weighted by molar-refractivity contribution is -0.274. The highest BCUT2D eigenvalue weighted by molar-refractivity contribution is 5.58. The van der Waals surface area contributed by atoms with Crippen LogP contribution in [0.4, 0.5) is 18.9 Å². The second-order valence-electron chi connectivity index (χ2n) is 4.32. The van der Waals surface area contributed by atoms with E-state index in [4.69, 9.17) is 0 Å². The Bertz CT molecular complexity index is 409. The number of benzene rings is 1. The molecule has 0 saturated carbocycles. The van der Waals surface area contributed by atoms with E-state index in [1.54, 1.807) is 12.1 Å². The van der Waals surface area contributed by atoms with Crippen LogP contribution in [0, 0.1) is 0 Å². The molecule has 0 radical (unpaired) electrons. The molecule has 1 fully saturated rings. The zero-order valence-corrected chi connectivity index (χ0v) is 10.00. The number of hydrogen-bond donors (Lipinski definition) is 1. The van der Waals surface area contributed by atoms with Crippen molar-refractivity contribution in [2.75, 3.05) is 24.5 Å². The van der Waals surface area contributed by atoms with Crippen molar-refractivity contribution >= 4 is 5.69 Å². The molecule has 2 rings (SSSR count). The number of nitrogens with one attached hydrogen (secondary N) is 1. The molecule has 0 aliphatic carbocycles. The van der Waals surface area contributed by atoms with Gasteiger partial charge in [-0.2, -0.15) is 0 Å². The van der Waals surface area contributed by atoms with Crippen LogP contribution in [0.2, 0.25) is 0 Å². The van der Waals surface area contributed by atoms with Crippen molar-refractivity contribution in [2.24, 2.45) is 0 Å². The van der Waals surface area contributed by atoms with E-state index < -0.39 is 6.36 Å². The molecule has 1 aromatic rings. The number of halogens is 3. The van der Waals surface area contributed by atoms with Crippen molar-refractivity contribution in [3.63, 3.8) is 0 Å². The summed E-state index contributed by atoms with van der Waals surface area (Å²) in [5.74, 6) is -0.140. The predicted molar refractivity (Wildman–Crippen MR) is 62.8 cm³/mol. The van der Waals surface area contributed by atoms with Crippen molar-refractivity contribution in [3.8, 4) is 5.75 Å². The summed E-state index contributed by atoms with van der Waals surface area (Å²) in [6.45, 7) is 4.09. The van der Waals surface area contributed by atoms with Gasteiger partial charge in [0, 0.05) is 25.7 Å². The molecule has 6 heteroatoms. The fraction of sp³-hybridized carbons (Fsp3) is 0.500. The molecule has 0 aromatic heterocycles. The molecule has 1 heterocycles. The molecule has 0 amide bonds. The fourth-order valence-corrected chi connectivity index (χ4v) is 2.08. The standard InChI is InChI=1S/C12H15F3N2O/c1-9-8-17(7-6-16-9)10-4-2-3-5-11(10)18-12(13,14)15/h2-5,9,16H,6-8H2,1H3/t9-/m1/s1. The Labute approximate surface area is 104 Å². The average Bonchev–Trinajstić information content (AvgIpc) is 2.27. The normalized spacial score (nSPS) is 20.9. The Hall–Kier alpha value is -1.43. The van der Waals surface area contributed by atoms with Gasteiger partial charge in [-0.15, -0.1) is 13.2 Å². The summed E-state index contributed by atoms with van der Waals surface area (Å²) in [7, 11) is 0. The van der Waals surface area contributed by atoms with Gasteiger partial charge in [0.2, 0.25) is 0 Å². The molecule has 3 nitrogen and oxygen atoms in total. The van der Waals surface area contributed by atoms with Crippen LogP contribution in [0.5, 0.6) is 5.75 Å². The Balaban J connectivity index is 2.21. The minimum atomic E-state index is -4.66. The predicted octanol–water partition coefficient (Wildman–Crippen LogP) is 2.38. The molecule has 1 aliphatic rings. The van der Waals surface area contributed by atoms with Crippen molar-refractivity contribution in [2.45, 2.75) is 19.3 Å². The van der Waals surface area contributed by atoms with Crippen LogP contribution < -0.4 is 15.0 Å². The Morgan fingerprint density at radius 1 is 1.33 bits per heavy atom. The molecular formula is C12H15F3N2O. The van der Waals surface area contributed by atoms with Crippen LogP contribution in [0.3, 0.4) is 0 Å². The van der Waals surface area contributed by atoms with Gasteiger partial charge in [0.1, 0.15) is 0 Å². The lowest BCUT2D eigenvalue weighted by Gasteiger charge is -2.34. The molecule has 1 aromatic carbocycles. The van der Waals surface area contributed by atoms with Crippen LogP contribution in [-0.4, -0.2) is 32.0 Å². The summed E-state index contributed by atoms with van der Waals surface area (Å²) in [5, 5.41) is 3.24. The maximum absolute atomic E-state index is 12.3. The molecule has 0 spiro atoms. The van der Waals surface area contributed by atoms with Crippen molar-refractivity contribution < 1.29 is 17.9 Å². The number of alkyl halides is 3. The maximum atomic E-state index is 12.3. The minimum Gasteiger partial charge on any atom is -0.404 e. The Morgan fingerprint density at radius 3 is 2.72 bits per heavy atom. The van der Waals surface area contributed by atoms with E-state index in [1.165, 1.54) is 12.1 Å². The third kappa shape index (κ3) is 3.29. The summed E-state index contributed by atoms with van der Waals surface area (Å²) in [6.07, 6.45) is -4.66. The Morgan fingerprint density at radius 2 is 2.06 bits per heavy atom. The molecule has 1 saturated heterocycles. The van der Waals surface area contributed by atoms with Gasteiger partial charge in [0.15, 0.2) is 5.75 Å². The average molecular weight is 260 g/mol. The molecule has 1 N–H and O–H groups in total. The SMILES string of the molecule is C[C@@H]1CN(c2ccccc2OC(F)(F)F)CCN1. The van der Waals surface area contributed by atoms with E-state index in [0.29, 0.717) is 18.8 Å². The minimum absolute atomic E-state index is 0.140. The topological polar surface area (TPSA) is 24.5 Å². The van der Waals surface area contributed by atoms with Gasteiger partial charge in [-0.3, -0.25) is 0 Å². The molecule has 0 bridgehead atoms. The third-order valence-electron chi connectivity index (χ3n) is 2.80. The van der Waals surface area contributed by atoms with E-state index in [2.05, 4.69) is 10.1 Å². The van der Waals surface area contributed by atoms with Crippen LogP contribution in [0.15, 0.2) is 24.3 Å². The first-order chi connectivity index (χ1) is 8.46. The summed E-state index contributed by atoms with van der Waals surface area (Å²) in [5.41, 5.74) is 0.489. The van der Waals surface area contributed by atoms with Crippen molar-refractivity contribution in [1.82, 2.24) is 5.32 Å². The number of piperazine rings is 1. The highest BCUT2D eigenvalue weighted by Crippen LogP contribution is 2.33. The van der Waals surface area contributed by atoms with Gasteiger partial charge >= 0.3 is 6.36 Å². The second kappa shape index (κ2) is 5.06. The highest BCUT2D eigenvalue weighted by Gasteiger charge is 2.33. The number of nitrogens with zero attached hydrogens (tertiary/aromatic N) is 1. The number of hydrogen-bond acceptors (Lipinski definition) is 3. The van der Waals surface area contributed by atoms with Crippen molar-refractivity contribution in [1.29, 1.82) is 0 Å². The largest absolute Gasteiger partial charge is 0.573 e. The van der Waals surface area contributed by atoms with E-state index in [0.717, 1.165) is 6.54 Å². The van der Waals surface area contributed by atoms with Gasteiger partial charge in [-0.25, -0.2) is 0 Å². The molecule has 100 valence electrons. The maximum Gasteiger partial charge on any atom is 0.573 e. The highest BCUT2D eigenvalue weighted by atomic mass is 19.4. The number of para-hydroxylation sites is 2. The smallest absolute Gasteiger partial charge is 0.404 e. The van der Waals surface area contributed by atoms with E-state index in [-0.39, 0.29) is 11.8 Å². The van der Waals surface area contributed by atoms with E-state index in [1.807, 2.05) is 11.8 Å². The summed E-state index contributed by atoms with van der Waals surface area (Å²) >= 11 is 0. The van der Waals surface area contributed by atoms with Crippen LogP contribution in [0.1, 0.15) is 6.92 Å². The van der Waals surface area contributed by atoms with Crippen LogP contribution in [0.25, 0.3) is 0 Å². The zero-order valence-electron chi connectivity index (χ0n) is 10.00. The monoisotopic (exact) mass is 260 g/mol. The molecular weight excluding hydrogens is 245 g/mol. The van der Waals surface area contributed by atoms with Gasteiger partial charge in [0.05, 0.1) is 5.69 Å². The first-order valence-electron chi connectivity index (χ1n) is 5.79. The lowest BCUT2D eigenvalue weighted by Crippen LogP contribution is -2.49. The number of anilines is 1. The van der Waals surface area contributed by atoms with E-state index >= 15 is 0 Å². The van der Waals surface area contributed by atoms with Crippen LogP contribution in [-0.2, 0) is 0 Å². The Kier molecular flexibility index (Phi) is 3.65. The zero-order chi connectivity index (χ0) is 13.2. The third-order valence-corrected chi connectivity index (χ3v) is 2.80.